The average molecular weight is 184 g/mol. The van der Waals surface area contributed by atoms with E-state index < -0.39 is 0 Å². The van der Waals surface area contributed by atoms with Gasteiger partial charge >= 0.3 is 0 Å². The van der Waals surface area contributed by atoms with Crippen molar-refractivity contribution in [1.29, 1.82) is 0 Å². The maximum absolute atomic E-state index is 9.52. The third-order valence-corrected chi connectivity index (χ3v) is 2.63. The van der Waals surface area contributed by atoms with E-state index in [-0.39, 0.29) is 11.6 Å². The van der Waals surface area contributed by atoms with E-state index in [2.05, 4.69) is 25.7 Å². The number of aliphatic hydroxyl groups is 1. The van der Waals surface area contributed by atoms with Gasteiger partial charge in [-0.2, -0.15) is 0 Å². The molecule has 0 saturated carbocycles. The van der Waals surface area contributed by atoms with Crippen molar-refractivity contribution in [3.63, 3.8) is 0 Å². The van der Waals surface area contributed by atoms with E-state index in [1.165, 1.54) is 7.48 Å². The van der Waals surface area contributed by atoms with Crippen LogP contribution < -0.4 is 0 Å². The van der Waals surface area contributed by atoms with E-state index in [9.17, 15) is 5.11 Å². The molecule has 1 heterocycles. The zero-order valence-corrected chi connectivity index (χ0v) is 8.70. The Hall–Kier alpha value is -0.0551. The monoisotopic (exact) mass is 184 g/mol. The largest absolute Gasteiger partial charge is 0.454 e. The number of hydrogen-bond acceptors (Lipinski definition) is 3. The van der Waals surface area contributed by atoms with Crippen LogP contribution in [0.2, 0.25) is 6.32 Å². The summed E-state index contributed by atoms with van der Waals surface area (Å²) in [6.07, 6.45) is 1.19. The number of likely N-dealkylation sites (tertiary alicyclic amines) is 1. The van der Waals surface area contributed by atoms with Gasteiger partial charge in [-0.15, -0.1) is 0 Å². The van der Waals surface area contributed by atoms with Gasteiger partial charge in [-0.1, -0.05) is 0 Å². The van der Waals surface area contributed by atoms with Crippen LogP contribution in [0.1, 0.15) is 27.2 Å². The fourth-order valence-corrected chi connectivity index (χ4v) is 2.06. The molecule has 0 bridgehead atoms. The van der Waals surface area contributed by atoms with Crippen molar-refractivity contribution in [3.8, 4) is 0 Å². The number of hydrogen-bond donors (Lipinski definition) is 2. The van der Waals surface area contributed by atoms with E-state index in [0.29, 0.717) is 12.4 Å². The molecule has 0 aromatic rings. The summed E-state index contributed by atoms with van der Waals surface area (Å²) in [5.74, 6) is 0. The highest BCUT2D eigenvalue weighted by Crippen LogP contribution is 2.28. The van der Waals surface area contributed by atoms with Gasteiger partial charge in [0.1, 0.15) is 0 Å². The van der Waals surface area contributed by atoms with Crippen molar-refractivity contribution in [2.45, 2.75) is 51.2 Å². The Bertz CT molecular complexity index is 169. The standard InChI is InChI=1S/C9H19BNO2/c1-9(2,3)11-6-8(12)4-7(11)5-10-13/h7-8,12-13H,4-6H2,1-3H3. The smallest absolute Gasteiger partial charge is 0.288 e. The van der Waals surface area contributed by atoms with Gasteiger partial charge in [-0.25, -0.2) is 0 Å². The topological polar surface area (TPSA) is 43.7 Å². The first-order valence-corrected chi connectivity index (χ1v) is 4.86. The molecule has 0 aliphatic carbocycles. The van der Waals surface area contributed by atoms with Crippen molar-refractivity contribution in [2.75, 3.05) is 6.54 Å². The normalized spacial score (nSPS) is 30.8. The van der Waals surface area contributed by atoms with Gasteiger partial charge in [0.05, 0.1) is 6.10 Å². The van der Waals surface area contributed by atoms with Gasteiger partial charge in [-0.3, -0.25) is 4.90 Å². The summed E-state index contributed by atoms with van der Waals surface area (Å²) in [7, 11) is 1.20. The zero-order chi connectivity index (χ0) is 10.1. The van der Waals surface area contributed by atoms with Gasteiger partial charge in [0, 0.05) is 18.1 Å². The molecule has 1 aliphatic rings. The molecular formula is C9H19BNO2. The summed E-state index contributed by atoms with van der Waals surface area (Å²) < 4.78 is 0. The lowest BCUT2D eigenvalue weighted by Gasteiger charge is -2.36. The predicted molar refractivity (Wildman–Crippen MR) is 53.7 cm³/mol. The quantitative estimate of drug-likeness (QED) is 0.604. The van der Waals surface area contributed by atoms with Gasteiger partial charge in [0.15, 0.2) is 0 Å². The summed E-state index contributed by atoms with van der Waals surface area (Å²) in [6, 6.07) is 0.292. The van der Waals surface area contributed by atoms with Crippen LogP contribution in [0.5, 0.6) is 0 Å². The van der Waals surface area contributed by atoms with Crippen molar-refractivity contribution >= 4 is 7.48 Å². The zero-order valence-electron chi connectivity index (χ0n) is 8.70. The van der Waals surface area contributed by atoms with E-state index in [4.69, 9.17) is 5.02 Å². The molecule has 0 aromatic carbocycles. The van der Waals surface area contributed by atoms with E-state index >= 15 is 0 Å². The molecule has 13 heavy (non-hydrogen) atoms. The summed E-state index contributed by atoms with van der Waals surface area (Å²) in [5.41, 5.74) is 0.0746. The second-order valence-corrected chi connectivity index (χ2v) is 4.78. The van der Waals surface area contributed by atoms with Crippen LogP contribution in [-0.4, -0.2) is 46.7 Å². The molecule has 2 atom stereocenters. The predicted octanol–water partition coefficient (Wildman–Crippen LogP) is 0.250. The highest BCUT2D eigenvalue weighted by atomic mass is 16.3. The van der Waals surface area contributed by atoms with Crippen LogP contribution in [0.15, 0.2) is 0 Å². The highest BCUT2D eigenvalue weighted by Gasteiger charge is 2.36. The number of rotatable bonds is 2. The van der Waals surface area contributed by atoms with Crippen molar-refractivity contribution in [2.24, 2.45) is 0 Å². The molecule has 1 saturated heterocycles. The maximum Gasteiger partial charge on any atom is 0.288 e. The van der Waals surface area contributed by atoms with Crippen LogP contribution in [-0.2, 0) is 0 Å². The Kier molecular flexibility index (Phi) is 3.38. The second-order valence-electron chi connectivity index (χ2n) is 4.78. The number of nitrogens with zero attached hydrogens (tertiary/aromatic N) is 1. The lowest BCUT2D eigenvalue weighted by atomic mass is 9.87. The van der Waals surface area contributed by atoms with E-state index in [0.717, 1.165) is 13.0 Å². The minimum absolute atomic E-state index is 0.0746. The van der Waals surface area contributed by atoms with E-state index in [1.807, 2.05) is 0 Å². The molecule has 0 spiro atoms. The van der Waals surface area contributed by atoms with Gasteiger partial charge in [0.25, 0.3) is 7.48 Å². The lowest BCUT2D eigenvalue weighted by Crippen LogP contribution is -2.45. The summed E-state index contributed by atoms with van der Waals surface area (Å²) in [5, 5.41) is 18.3. The average Bonchev–Trinajstić information content (AvgIpc) is 2.30. The van der Waals surface area contributed by atoms with Crippen LogP contribution in [0, 0.1) is 0 Å². The second kappa shape index (κ2) is 3.99. The Labute approximate surface area is 81.0 Å². The lowest BCUT2D eigenvalue weighted by molar-refractivity contribution is 0.109. The number of aliphatic hydroxyl groups excluding tert-OH is 1. The molecule has 2 unspecified atom stereocenters. The van der Waals surface area contributed by atoms with Crippen molar-refractivity contribution in [1.82, 2.24) is 4.90 Å². The minimum Gasteiger partial charge on any atom is -0.454 e. The summed E-state index contributed by atoms with van der Waals surface area (Å²) in [4.78, 5) is 2.25. The first-order valence-electron chi connectivity index (χ1n) is 4.86. The summed E-state index contributed by atoms with van der Waals surface area (Å²) >= 11 is 0. The first kappa shape index (κ1) is 11.0. The van der Waals surface area contributed by atoms with E-state index in [1.54, 1.807) is 0 Å². The molecule has 4 heteroatoms. The fraction of sp³-hybridized carbons (Fsp3) is 1.00. The molecule has 1 fully saturated rings. The molecule has 1 radical (unpaired) electrons. The third kappa shape index (κ3) is 2.69. The van der Waals surface area contributed by atoms with Crippen molar-refractivity contribution < 1.29 is 10.1 Å². The van der Waals surface area contributed by atoms with Gasteiger partial charge in [0.2, 0.25) is 0 Å². The van der Waals surface area contributed by atoms with Crippen LogP contribution in [0.4, 0.5) is 0 Å². The molecule has 1 aliphatic heterocycles. The first-order chi connectivity index (χ1) is 5.95. The van der Waals surface area contributed by atoms with Crippen LogP contribution in [0.25, 0.3) is 0 Å². The summed E-state index contributed by atoms with van der Waals surface area (Å²) in [6.45, 7) is 7.13. The molecule has 2 N–H and O–H groups in total. The molecule has 75 valence electrons. The van der Waals surface area contributed by atoms with Crippen LogP contribution in [0.3, 0.4) is 0 Å². The SMILES string of the molecule is CC(C)(C)N1CC(O)CC1C[B]O. The molecule has 0 aromatic heterocycles. The Morgan fingerprint density at radius 3 is 2.54 bits per heavy atom. The van der Waals surface area contributed by atoms with Gasteiger partial charge in [-0.05, 0) is 33.5 Å². The Balaban J connectivity index is 2.60. The maximum atomic E-state index is 9.52. The van der Waals surface area contributed by atoms with Crippen LogP contribution >= 0.6 is 0 Å². The molecule has 1 rings (SSSR count). The fourth-order valence-electron chi connectivity index (χ4n) is 2.06. The number of β-amino-alcohol motifs (C(OH)–C–C–N with tert-alkyl or cyclic N) is 1. The highest BCUT2D eigenvalue weighted by molar-refractivity contribution is 6.25. The Morgan fingerprint density at radius 1 is 1.46 bits per heavy atom. The molecule has 3 nitrogen and oxygen atoms in total. The van der Waals surface area contributed by atoms with Gasteiger partial charge < -0.3 is 10.1 Å². The molecular weight excluding hydrogens is 165 g/mol. The van der Waals surface area contributed by atoms with Crippen molar-refractivity contribution in [3.05, 3.63) is 0 Å². The minimum atomic E-state index is -0.232. The third-order valence-electron chi connectivity index (χ3n) is 2.63. The molecule has 0 amide bonds. The Morgan fingerprint density at radius 2 is 2.08 bits per heavy atom.